The lowest BCUT2D eigenvalue weighted by atomic mass is 9.85. The second-order valence-corrected chi connectivity index (χ2v) is 7.59. The summed E-state index contributed by atoms with van der Waals surface area (Å²) >= 11 is 6.23. The molecule has 3 aromatic carbocycles. The van der Waals surface area contributed by atoms with Crippen LogP contribution in [0.2, 0.25) is 6.82 Å². The molecule has 1 unspecified atom stereocenters. The highest BCUT2D eigenvalue weighted by Crippen LogP contribution is 2.46. The highest BCUT2D eigenvalue weighted by atomic mass is 35.5. The molecule has 0 bridgehead atoms. The van der Waals surface area contributed by atoms with Crippen molar-refractivity contribution in [1.82, 2.24) is 0 Å². The molecule has 0 spiro atoms. The summed E-state index contributed by atoms with van der Waals surface area (Å²) in [5.74, 6) is 0.0489. The highest BCUT2D eigenvalue weighted by molar-refractivity contribution is 6.54. The first-order valence-corrected chi connectivity index (χ1v) is 10.0. The number of rotatable bonds is 6. The van der Waals surface area contributed by atoms with Crippen LogP contribution in [0.3, 0.4) is 0 Å². The minimum Gasteiger partial charge on any atom is -0.488 e. The Balaban J connectivity index is 1.87. The van der Waals surface area contributed by atoms with Crippen molar-refractivity contribution in [1.29, 1.82) is 0 Å². The molecule has 2 N–H and O–H groups in total. The number of carboxylic acids is 1. The maximum absolute atomic E-state index is 11.6. The van der Waals surface area contributed by atoms with Crippen LogP contribution in [0.5, 0.6) is 5.75 Å². The average Bonchev–Trinajstić information content (AvgIpc) is 3.11. The van der Waals surface area contributed by atoms with Crippen molar-refractivity contribution in [3.05, 3.63) is 71.3 Å². The standard InChI is InChI=1S/C22H21BClNO4/c1-23(28)25-12-16(11-24)21-18-9-15(22(26)27)7-8-17(18)20(10-19(21)25)29-13-14-5-3-2-4-6-14/h2-10,16,28H,11-13H2,1H3,(H,26,27). The lowest BCUT2D eigenvalue weighted by Crippen LogP contribution is -2.36. The van der Waals surface area contributed by atoms with Crippen LogP contribution >= 0.6 is 11.6 Å². The number of ether oxygens (including phenoxy) is 1. The average molecular weight is 410 g/mol. The molecule has 1 aliphatic rings. The summed E-state index contributed by atoms with van der Waals surface area (Å²) in [7, 11) is -0.691. The Morgan fingerprint density at radius 2 is 1.97 bits per heavy atom. The van der Waals surface area contributed by atoms with Gasteiger partial charge in [0.1, 0.15) is 12.4 Å². The molecule has 0 aromatic heterocycles. The summed E-state index contributed by atoms with van der Waals surface area (Å²) in [5, 5.41) is 21.4. The molecule has 4 rings (SSSR count). The van der Waals surface area contributed by atoms with Gasteiger partial charge in [0.2, 0.25) is 0 Å². The van der Waals surface area contributed by atoms with E-state index in [1.54, 1.807) is 25.0 Å². The van der Waals surface area contributed by atoms with E-state index in [4.69, 9.17) is 16.3 Å². The van der Waals surface area contributed by atoms with E-state index in [-0.39, 0.29) is 11.5 Å². The normalized spacial score (nSPS) is 15.4. The number of aromatic carboxylic acids is 1. The summed E-state index contributed by atoms with van der Waals surface area (Å²) in [6.07, 6.45) is 0. The fourth-order valence-corrected chi connectivity index (χ4v) is 4.21. The topological polar surface area (TPSA) is 70.0 Å². The van der Waals surface area contributed by atoms with Crippen molar-refractivity contribution in [2.45, 2.75) is 19.3 Å². The second-order valence-electron chi connectivity index (χ2n) is 7.28. The first kappa shape index (κ1) is 19.6. The number of benzene rings is 3. The quantitative estimate of drug-likeness (QED) is 0.467. The van der Waals surface area contributed by atoms with Gasteiger partial charge < -0.3 is 19.7 Å². The largest absolute Gasteiger partial charge is 0.488 e. The molecule has 3 aromatic rings. The van der Waals surface area contributed by atoms with Gasteiger partial charge in [0, 0.05) is 35.5 Å². The lowest BCUT2D eigenvalue weighted by molar-refractivity contribution is 0.0697. The molecule has 0 fully saturated rings. The molecule has 1 heterocycles. The predicted molar refractivity (Wildman–Crippen MR) is 116 cm³/mol. The zero-order valence-corrected chi connectivity index (χ0v) is 16.8. The van der Waals surface area contributed by atoms with Gasteiger partial charge in [0.05, 0.1) is 5.56 Å². The zero-order valence-electron chi connectivity index (χ0n) is 16.0. The second kappa shape index (κ2) is 7.97. The van der Waals surface area contributed by atoms with E-state index in [1.165, 1.54) is 0 Å². The van der Waals surface area contributed by atoms with Crippen molar-refractivity contribution in [2.24, 2.45) is 0 Å². The van der Waals surface area contributed by atoms with E-state index in [0.717, 1.165) is 27.6 Å². The van der Waals surface area contributed by atoms with E-state index < -0.39 is 13.0 Å². The number of fused-ring (bicyclic) bond motifs is 3. The number of carboxylic acid groups (broad SMARTS) is 1. The van der Waals surface area contributed by atoms with Crippen LogP contribution in [0.1, 0.15) is 27.4 Å². The van der Waals surface area contributed by atoms with Gasteiger partial charge >= 0.3 is 13.0 Å². The summed E-state index contributed by atoms with van der Waals surface area (Å²) in [6.45, 7) is 2.68. The molecule has 148 valence electrons. The molecular weight excluding hydrogens is 389 g/mol. The molecule has 5 nitrogen and oxygen atoms in total. The van der Waals surface area contributed by atoms with E-state index in [9.17, 15) is 14.9 Å². The Morgan fingerprint density at radius 1 is 1.21 bits per heavy atom. The highest BCUT2D eigenvalue weighted by Gasteiger charge is 2.34. The molecule has 0 amide bonds. The Bertz CT molecular complexity index is 1060. The molecule has 0 radical (unpaired) electrons. The van der Waals surface area contributed by atoms with Crippen LogP contribution < -0.4 is 9.55 Å². The van der Waals surface area contributed by atoms with Crippen molar-refractivity contribution >= 4 is 41.1 Å². The molecule has 7 heteroatoms. The van der Waals surface area contributed by atoms with Crippen molar-refractivity contribution in [3.8, 4) is 5.75 Å². The van der Waals surface area contributed by atoms with E-state index in [1.807, 2.05) is 41.2 Å². The number of anilines is 1. The summed E-state index contributed by atoms with van der Waals surface area (Å²) < 4.78 is 6.14. The maximum atomic E-state index is 11.6. The number of nitrogens with zero attached hydrogens (tertiary/aromatic N) is 1. The van der Waals surface area contributed by atoms with E-state index in [0.29, 0.717) is 24.8 Å². The third-order valence-electron chi connectivity index (χ3n) is 5.38. The van der Waals surface area contributed by atoms with Crippen LogP contribution in [0.4, 0.5) is 5.69 Å². The summed E-state index contributed by atoms with van der Waals surface area (Å²) in [6, 6.07) is 16.8. The monoisotopic (exact) mass is 409 g/mol. The minimum atomic E-state index is -0.982. The van der Waals surface area contributed by atoms with Gasteiger partial charge in [-0.1, -0.05) is 30.3 Å². The molecule has 1 aliphatic heterocycles. The number of alkyl halides is 1. The molecule has 0 saturated heterocycles. The maximum Gasteiger partial charge on any atom is 0.409 e. The van der Waals surface area contributed by atoms with Gasteiger partial charge in [-0.3, -0.25) is 0 Å². The van der Waals surface area contributed by atoms with Crippen LogP contribution in [0.25, 0.3) is 10.8 Å². The minimum absolute atomic E-state index is 0.00372. The summed E-state index contributed by atoms with van der Waals surface area (Å²) in [5.41, 5.74) is 3.05. The Morgan fingerprint density at radius 3 is 2.62 bits per heavy atom. The Hall–Kier alpha value is -2.70. The number of carbonyl (C=O) groups is 1. The molecule has 0 saturated carbocycles. The molecule has 1 atom stereocenters. The van der Waals surface area contributed by atoms with Gasteiger partial charge in [0.15, 0.2) is 0 Å². The van der Waals surface area contributed by atoms with Gasteiger partial charge in [-0.15, -0.1) is 11.6 Å². The van der Waals surface area contributed by atoms with E-state index >= 15 is 0 Å². The van der Waals surface area contributed by atoms with Gasteiger partial charge in [-0.25, -0.2) is 4.79 Å². The third kappa shape index (κ3) is 3.66. The number of halogens is 1. The smallest absolute Gasteiger partial charge is 0.409 e. The van der Waals surface area contributed by atoms with Crippen molar-refractivity contribution < 1.29 is 19.7 Å². The third-order valence-corrected chi connectivity index (χ3v) is 5.75. The zero-order chi connectivity index (χ0) is 20.5. The van der Waals surface area contributed by atoms with Crippen LogP contribution in [0.15, 0.2) is 54.6 Å². The van der Waals surface area contributed by atoms with Gasteiger partial charge in [0.25, 0.3) is 0 Å². The fraction of sp³-hybridized carbons (Fsp3) is 0.227. The Labute approximate surface area is 174 Å². The summed E-state index contributed by atoms with van der Waals surface area (Å²) in [4.78, 5) is 13.4. The van der Waals surface area contributed by atoms with Crippen LogP contribution in [-0.2, 0) is 6.61 Å². The SMILES string of the molecule is CB(O)N1CC(CCl)c2c1cc(OCc1ccccc1)c1ccc(C(=O)O)cc21. The first-order valence-electron chi connectivity index (χ1n) is 9.51. The predicted octanol–water partition coefficient (Wildman–Crippen LogP) is 4.37. The lowest BCUT2D eigenvalue weighted by Gasteiger charge is -2.22. The number of hydrogen-bond acceptors (Lipinski definition) is 4. The Kier molecular flexibility index (Phi) is 5.39. The number of hydrogen-bond donors (Lipinski definition) is 2. The molecule has 29 heavy (non-hydrogen) atoms. The van der Waals surface area contributed by atoms with E-state index in [2.05, 4.69) is 0 Å². The first-order chi connectivity index (χ1) is 14.0. The fourth-order valence-electron chi connectivity index (χ4n) is 3.96. The van der Waals surface area contributed by atoms with Crippen molar-refractivity contribution in [3.63, 3.8) is 0 Å². The van der Waals surface area contributed by atoms with Crippen LogP contribution in [0, 0.1) is 0 Å². The van der Waals surface area contributed by atoms with Crippen LogP contribution in [-0.4, -0.2) is 35.6 Å². The van der Waals surface area contributed by atoms with Gasteiger partial charge in [-0.05, 0) is 41.5 Å². The van der Waals surface area contributed by atoms with Gasteiger partial charge in [-0.2, -0.15) is 0 Å². The molecule has 0 aliphatic carbocycles. The molecular formula is C22H21BClNO4. The van der Waals surface area contributed by atoms with Crippen molar-refractivity contribution in [2.75, 3.05) is 17.2 Å².